The van der Waals surface area contributed by atoms with Crippen LogP contribution in [-0.2, 0) is 0 Å². The molecule has 1 heteroatoms. The summed E-state index contributed by atoms with van der Waals surface area (Å²) in [5.74, 6) is 1.92. The first-order valence-electron chi connectivity index (χ1n) is 3.32. The Bertz CT molecular complexity index is 251. The molecule has 0 N–H and O–H groups in total. The predicted molar refractivity (Wildman–Crippen MR) is 49.4 cm³/mol. The van der Waals surface area contributed by atoms with E-state index in [-0.39, 0.29) is 0 Å². The Labute approximate surface area is 64.1 Å². The largest absolute Gasteiger partial charge is 0.122 e. The minimum atomic E-state index is 1.22. The number of rotatable bonds is 1. The maximum absolute atomic E-state index is 3.34. The maximum Gasteiger partial charge on any atom is -0.0214 e. The number of benzene rings is 1. The van der Waals surface area contributed by atoms with Gasteiger partial charge in [-0.1, -0.05) is 18.2 Å². The second kappa shape index (κ2) is 2.98. The smallest absolute Gasteiger partial charge is 0.0214 e. The van der Waals surface area contributed by atoms with Crippen molar-refractivity contribution in [2.75, 3.05) is 0 Å². The number of hydrogen-bond donors (Lipinski definition) is 0. The minimum absolute atomic E-state index is 1.22. The first-order chi connectivity index (χ1) is 4.74. The molecule has 0 bridgehead atoms. The summed E-state index contributed by atoms with van der Waals surface area (Å²) < 4.78 is 0. The highest BCUT2D eigenvalue weighted by Gasteiger charge is 1.90. The fourth-order valence-corrected chi connectivity index (χ4v) is 1.03. The molecular formula is C9H11P. The van der Waals surface area contributed by atoms with Gasteiger partial charge in [-0.05, 0) is 36.3 Å². The third-order valence-electron chi connectivity index (χ3n) is 1.70. The van der Waals surface area contributed by atoms with Crippen LogP contribution < -0.4 is 0 Å². The van der Waals surface area contributed by atoms with Gasteiger partial charge in [0.05, 0.1) is 0 Å². The monoisotopic (exact) mass is 150 g/mol. The second-order valence-corrected chi connectivity index (χ2v) is 2.78. The maximum atomic E-state index is 3.34. The lowest BCUT2D eigenvalue weighted by Gasteiger charge is -1.99. The van der Waals surface area contributed by atoms with Gasteiger partial charge in [0.1, 0.15) is 0 Å². The summed E-state index contributed by atoms with van der Waals surface area (Å²) in [4.78, 5) is 0. The van der Waals surface area contributed by atoms with Gasteiger partial charge in [-0.3, -0.25) is 0 Å². The highest BCUT2D eigenvalue weighted by molar-refractivity contribution is 7.19. The molecule has 0 aliphatic rings. The van der Waals surface area contributed by atoms with E-state index in [1.54, 1.807) is 0 Å². The van der Waals surface area contributed by atoms with Crippen LogP contribution in [0.3, 0.4) is 0 Å². The Hall–Kier alpha value is -0.610. The van der Waals surface area contributed by atoms with Crippen LogP contribution in [0.4, 0.5) is 0 Å². The fourth-order valence-electron chi connectivity index (χ4n) is 0.854. The Morgan fingerprint density at radius 3 is 2.40 bits per heavy atom. The van der Waals surface area contributed by atoms with Gasteiger partial charge < -0.3 is 0 Å². The molecule has 0 aliphatic heterocycles. The SMILES string of the molecule is Cc1ccc(C=P)cc1C. The summed E-state index contributed by atoms with van der Waals surface area (Å²) in [5, 5.41) is 0. The molecule has 0 fully saturated rings. The van der Waals surface area contributed by atoms with Crippen molar-refractivity contribution in [1.82, 2.24) is 0 Å². The Morgan fingerprint density at radius 1 is 1.20 bits per heavy atom. The van der Waals surface area contributed by atoms with Gasteiger partial charge in [0.15, 0.2) is 0 Å². The molecule has 1 rings (SSSR count). The molecule has 0 aromatic heterocycles. The standard InChI is InChI=1S/C9H11P/c1-7-3-4-9(6-10)5-8(7)2/h3-6,10H,1-2H3. The van der Waals surface area contributed by atoms with Crippen LogP contribution in [0.2, 0.25) is 0 Å². The summed E-state index contributed by atoms with van der Waals surface area (Å²) >= 11 is 0. The average molecular weight is 150 g/mol. The summed E-state index contributed by atoms with van der Waals surface area (Å²) in [7, 11) is 3.34. The van der Waals surface area contributed by atoms with E-state index in [1.807, 2.05) is 5.80 Å². The Balaban J connectivity index is 3.16. The van der Waals surface area contributed by atoms with E-state index in [0.717, 1.165) is 0 Å². The molecule has 0 unspecified atom stereocenters. The highest BCUT2D eigenvalue weighted by atomic mass is 31.0. The summed E-state index contributed by atoms with van der Waals surface area (Å²) in [6, 6.07) is 6.37. The molecule has 0 aliphatic carbocycles. The van der Waals surface area contributed by atoms with Crippen LogP contribution in [0.15, 0.2) is 18.2 Å². The van der Waals surface area contributed by atoms with Crippen LogP contribution in [-0.4, -0.2) is 5.80 Å². The molecule has 0 amide bonds. The fraction of sp³-hybridized carbons (Fsp3) is 0.222. The molecule has 0 radical (unpaired) electrons. The van der Waals surface area contributed by atoms with E-state index in [9.17, 15) is 0 Å². The lowest BCUT2D eigenvalue weighted by atomic mass is 10.1. The molecule has 1 aromatic carbocycles. The molecule has 0 heterocycles. The van der Waals surface area contributed by atoms with Crippen LogP contribution >= 0.6 is 8.86 Å². The van der Waals surface area contributed by atoms with Gasteiger partial charge in [0, 0.05) is 0 Å². The molecule has 0 saturated carbocycles. The van der Waals surface area contributed by atoms with Crippen molar-refractivity contribution in [3.63, 3.8) is 0 Å². The topological polar surface area (TPSA) is 0 Å². The van der Waals surface area contributed by atoms with Crippen molar-refractivity contribution in [3.8, 4) is 0 Å². The zero-order chi connectivity index (χ0) is 7.56. The third-order valence-corrected chi connectivity index (χ3v) is 2.03. The summed E-state index contributed by atoms with van der Waals surface area (Å²) in [5.41, 5.74) is 3.91. The molecule has 0 nitrogen and oxygen atoms in total. The van der Waals surface area contributed by atoms with Crippen LogP contribution in [0.1, 0.15) is 16.7 Å². The molecule has 52 valence electrons. The zero-order valence-corrected chi connectivity index (χ0v) is 7.31. The van der Waals surface area contributed by atoms with Gasteiger partial charge in [-0.25, -0.2) is 0 Å². The second-order valence-electron chi connectivity index (χ2n) is 2.49. The lowest BCUT2D eigenvalue weighted by molar-refractivity contribution is 1.34. The average Bonchev–Trinajstić information content (AvgIpc) is 1.95. The van der Waals surface area contributed by atoms with E-state index >= 15 is 0 Å². The van der Waals surface area contributed by atoms with E-state index in [1.165, 1.54) is 16.7 Å². The molecule has 0 saturated heterocycles. The van der Waals surface area contributed by atoms with Crippen molar-refractivity contribution in [3.05, 3.63) is 34.9 Å². The van der Waals surface area contributed by atoms with Crippen molar-refractivity contribution < 1.29 is 0 Å². The van der Waals surface area contributed by atoms with Crippen LogP contribution in [0, 0.1) is 13.8 Å². The first kappa shape index (κ1) is 7.50. The van der Waals surface area contributed by atoms with E-state index in [2.05, 4.69) is 40.9 Å². The Kier molecular flexibility index (Phi) is 2.24. The zero-order valence-electron chi connectivity index (χ0n) is 6.31. The highest BCUT2D eigenvalue weighted by Crippen LogP contribution is 2.07. The van der Waals surface area contributed by atoms with E-state index < -0.39 is 0 Å². The van der Waals surface area contributed by atoms with Gasteiger partial charge in [0.2, 0.25) is 0 Å². The predicted octanol–water partition coefficient (Wildman–Crippen LogP) is 2.60. The minimum Gasteiger partial charge on any atom is -0.122 e. The molecule has 0 atom stereocenters. The lowest BCUT2D eigenvalue weighted by Crippen LogP contribution is -1.83. The van der Waals surface area contributed by atoms with Crippen molar-refractivity contribution in [2.24, 2.45) is 0 Å². The van der Waals surface area contributed by atoms with Crippen molar-refractivity contribution in [2.45, 2.75) is 13.8 Å². The van der Waals surface area contributed by atoms with Crippen LogP contribution in [0.5, 0.6) is 0 Å². The van der Waals surface area contributed by atoms with Gasteiger partial charge in [-0.15, -0.1) is 8.86 Å². The van der Waals surface area contributed by atoms with Crippen molar-refractivity contribution in [1.29, 1.82) is 0 Å². The number of hydrogen-bond acceptors (Lipinski definition) is 0. The van der Waals surface area contributed by atoms with Gasteiger partial charge >= 0.3 is 0 Å². The normalized spacial score (nSPS) is 9.40. The first-order valence-corrected chi connectivity index (χ1v) is 3.89. The van der Waals surface area contributed by atoms with Crippen LogP contribution in [0.25, 0.3) is 0 Å². The molecule has 1 aromatic rings. The summed E-state index contributed by atoms with van der Waals surface area (Å²) in [6.45, 7) is 4.24. The molecule has 10 heavy (non-hydrogen) atoms. The Morgan fingerprint density at radius 2 is 1.90 bits per heavy atom. The molecular weight excluding hydrogens is 139 g/mol. The van der Waals surface area contributed by atoms with Gasteiger partial charge in [0.25, 0.3) is 0 Å². The third kappa shape index (κ3) is 1.46. The summed E-state index contributed by atoms with van der Waals surface area (Å²) in [6.07, 6.45) is 0. The van der Waals surface area contributed by atoms with E-state index in [4.69, 9.17) is 0 Å². The van der Waals surface area contributed by atoms with E-state index in [0.29, 0.717) is 0 Å². The number of aryl methyl sites for hydroxylation is 2. The molecule has 0 spiro atoms. The van der Waals surface area contributed by atoms with Crippen molar-refractivity contribution >= 4 is 14.7 Å². The van der Waals surface area contributed by atoms with Gasteiger partial charge in [-0.2, -0.15) is 0 Å². The quantitative estimate of drug-likeness (QED) is 0.540.